The average Bonchev–Trinajstić information content (AvgIpc) is 3.60. The highest BCUT2D eigenvalue weighted by atomic mass is 16.5. The molecule has 0 saturated heterocycles. The van der Waals surface area contributed by atoms with Gasteiger partial charge in [-0.05, 0) is 96.9 Å². The van der Waals surface area contributed by atoms with Crippen molar-refractivity contribution in [3.05, 3.63) is 133 Å². The van der Waals surface area contributed by atoms with Crippen LogP contribution in [-0.4, -0.2) is 22.9 Å². The maximum atomic E-state index is 10.1. The van der Waals surface area contributed by atoms with Crippen LogP contribution >= 0.6 is 0 Å². The molecule has 0 unspecified atom stereocenters. The molecule has 0 saturated carbocycles. The normalized spacial score (nSPS) is 11.4. The summed E-state index contributed by atoms with van der Waals surface area (Å²) in [6, 6.07) is 46.4. The van der Waals surface area contributed by atoms with E-state index in [1.165, 1.54) is 5.39 Å². The molecule has 5 heteroatoms. The number of aromatic nitrogens is 2. The van der Waals surface area contributed by atoms with Crippen LogP contribution < -0.4 is 9.47 Å². The van der Waals surface area contributed by atoms with Crippen LogP contribution in [0.1, 0.15) is 12.5 Å². The molecule has 0 spiro atoms. The van der Waals surface area contributed by atoms with Crippen LogP contribution in [0.3, 0.4) is 0 Å². The zero-order chi connectivity index (χ0) is 30.5. The Kier molecular flexibility index (Phi) is 6.28. The quantitative estimate of drug-likeness (QED) is 0.196. The molecule has 2 heterocycles. The molecule has 0 aliphatic rings. The molecule has 0 atom stereocenters. The monoisotopic (exact) mass is 583 g/mol. The third-order valence-corrected chi connectivity index (χ3v) is 8.60. The van der Waals surface area contributed by atoms with Gasteiger partial charge >= 0.3 is 0 Å². The number of benzene rings is 6. The second-order valence-electron chi connectivity index (χ2n) is 11.1. The summed E-state index contributed by atoms with van der Waals surface area (Å²) in [5.41, 5.74) is 9.07. The van der Waals surface area contributed by atoms with E-state index >= 15 is 0 Å². The number of hydrogen-bond acceptors (Lipinski definition) is 3. The Morgan fingerprint density at radius 3 is 1.76 bits per heavy atom. The van der Waals surface area contributed by atoms with Gasteiger partial charge in [-0.25, -0.2) is 0 Å². The molecule has 8 rings (SSSR count). The Bertz CT molecular complexity index is 2440. The lowest BCUT2D eigenvalue weighted by molar-refractivity contribution is 0.341. The third kappa shape index (κ3) is 4.30. The third-order valence-electron chi connectivity index (χ3n) is 8.60. The van der Waals surface area contributed by atoms with Crippen molar-refractivity contribution in [1.82, 2.24) is 9.13 Å². The highest BCUT2D eigenvalue weighted by Crippen LogP contribution is 2.37. The van der Waals surface area contributed by atoms with Gasteiger partial charge in [-0.2, -0.15) is 5.26 Å². The number of hydrogen-bond donors (Lipinski definition) is 0. The van der Waals surface area contributed by atoms with Gasteiger partial charge in [0.25, 0.3) is 0 Å². The molecule has 0 aliphatic carbocycles. The molecule has 6 aromatic carbocycles. The smallest absolute Gasteiger partial charge is 0.120 e. The summed E-state index contributed by atoms with van der Waals surface area (Å²) in [6.45, 7) is 2.61. The van der Waals surface area contributed by atoms with Crippen molar-refractivity contribution < 1.29 is 9.47 Å². The van der Waals surface area contributed by atoms with Gasteiger partial charge in [0.2, 0.25) is 0 Å². The van der Waals surface area contributed by atoms with E-state index in [4.69, 9.17) is 9.47 Å². The zero-order valence-electron chi connectivity index (χ0n) is 25.0. The first-order valence-electron chi connectivity index (χ1n) is 15.1. The summed E-state index contributed by atoms with van der Waals surface area (Å²) in [6.07, 6.45) is 0. The van der Waals surface area contributed by atoms with Gasteiger partial charge in [0, 0.05) is 32.9 Å². The number of ether oxygens (including phenoxy) is 2. The van der Waals surface area contributed by atoms with Crippen molar-refractivity contribution >= 4 is 43.6 Å². The maximum absolute atomic E-state index is 10.1. The Balaban J connectivity index is 1.27. The van der Waals surface area contributed by atoms with Gasteiger partial charge < -0.3 is 18.6 Å². The molecule has 45 heavy (non-hydrogen) atoms. The molecule has 216 valence electrons. The zero-order valence-corrected chi connectivity index (χ0v) is 25.0. The largest absolute Gasteiger partial charge is 0.497 e. The van der Waals surface area contributed by atoms with Crippen molar-refractivity contribution in [3.8, 4) is 40.1 Å². The Hall–Kier alpha value is -5.99. The van der Waals surface area contributed by atoms with E-state index in [-0.39, 0.29) is 0 Å². The van der Waals surface area contributed by atoms with Gasteiger partial charge in [0.1, 0.15) is 11.5 Å². The minimum absolute atomic E-state index is 0.611. The lowest BCUT2D eigenvalue weighted by atomic mass is 10.0. The summed E-state index contributed by atoms with van der Waals surface area (Å²) in [5.74, 6) is 1.69. The van der Waals surface area contributed by atoms with Crippen molar-refractivity contribution in [3.63, 3.8) is 0 Å². The standard InChI is InChI=1S/C40H29N3O2/c1-3-45-32-17-19-40-36(24-32)34-9-5-7-11-38(34)43(40)30-21-26(25-41)20-28(22-30)27-12-14-29(15-13-27)42-37-10-6-4-8-33(37)35-23-31(44-2)16-18-39(35)42/h4-24H,3H2,1-2H3. The molecule has 0 amide bonds. The first-order valence-corrected chi connectivity index (χ1v) is 15.1. The van der Waals surface area contributed by atoms with Gasteiger partial charge in [0.05, 0.1) is 47.4 Å². The second kappa shape index (κ2) is 10.6. The summed E-state index contributed by atoms with van der Waals surface area (Å²) in [7, 11) is 1.70. The summed E-state index contributed by atoms with van der Waals surface area (Å²) >= 11 is 0. The molecular weight excluding hydrogens is 554 g/mol. The molecule has 0 radical (unpaired) electrons. The van der Waals surface area contributed by atoms with Crippen molar-refractivity contribution in [2.75, 3.05) is 13.7 Å². The molecule has 0 aliphatic heterocycles. The van der Waals surface area contributed by atoms with Gasteiger partial charge in [-0.15, -0.1) is 0 Å². The predicted octanol–water partition coefficient (Wildman–Crippen LogP) is 9.83. The number of para-hydroxylation sites is 2. The average molecular weight is 584 g/mol. The van der Waals surface area contributed by atoms with E-state index in [1.54, 1.807) is 7.11 Å². The Labute approximate surface area is 260 Å². The molecule has 0 N–H and O–H groups in total. The number of methoxy groups -OCH3 is 1. The lowest BCUT2D eigenvalue weighted by Crippen LogP contribution is -1.97. The Morgan fingerprint density at radius 1 is 0.556 bits per heavy atom. The fraction of sp³-hybridized carbons (Fsp3) is 0.0750. The molecule has 5 nitrogen and oxygen atoms in total. The number of fused-ring (bicyclic) bond motifs is 6. The van der Waals surface area contributed by atoms with E-state index in [1.807, 2.05) is 31.2 Å². The fourth-order valence-corrected chi connectivity index (χ4v) is 6.62. The summed E-state index contributed by atoms with van der Waals surface area (Å²) < 4.78 is 15.9. The van der Waals surface area contributed by atoms with E-state index in [2.05, 4.69) is 118 Å². The van der Waals surface area contributed by atoms with E-state index < -0.39 is 0 Å². The van der Waals surface area contributed by atoms with Crippen LogP contribution in [0.2, 0.25) is 0 Å². The Morgan fingerprint density at radius 2 is 1.13 bits per heavy atom. The molecule has 0 fully saturated rings. The minimum atomic E-state index is 0.611. The summed E-state index contributed by atoms with van der Waals surface area (Å²) in [4.78, 5) is 0. The van der Waals surface area contributed by atoms with Crippen LogP contribution in [0.25, 0.3) is 66.1 Å². The number of rotatable bonds is 6. The first-order chi connectivity index (χ1) is 22.2. The van der Waals surface area contributed by atoms with Crippen LogP contribution in [0.5, 0.6) is 11.5 Å². The number of nitriles is 1. The minimum Gasteiger partial charge on any atom is -0.497 e. The van der Waals surface area contributed by atoms with E-state index in [9.17, 15) is 5.26 Å². The SMILES string of the molecule is CCOc1ccc2c(c1)c1ccccc1n2-c1cc(C#N)cc(-c2ccc(-n3c4ccccc4c4cc(OC)ccc43)cc2)c1. The van der Waals surface area contributed by atoms with Crippen LogP contribution in [0.4, 0.5) is 0 Å². The van der Waals surface area contributed by atoms with Crippen LogP contribution in [0.15, 0.2) is 127 Å². The lowest BCUT2D eigenvalue weighted by Gasteiger charge is -2.13. The predicted molar refractivity (Wildman–Crippen MR) is 183 cm³/mol. The molecule has 2 aromatic heterocycles. The molecular formula is C40H29N3O2. The van der Waals surface area contributed by atoms with E-state index in [0.717, 1.165) is 72.2 Å². The van der Waals surface area contributed by atoms with Crippen molar-refractivity contribution in [2.45, 2.75) is 6.92 Å². The van der Waals surface area contributed by atoms with Gasteiger partial charge in [-0.1, -0.05) is 48.5 Å². The highest BCUT2D eigenvalue weighted by Gasteiger charge is 2.16. The van der Waals surface area contributed by atoms with Crippen LogP contribution in [0, 0.1) is 11.3 Å². The molecule has 0 bridgehead atoms. The number of nitrogens with zero attached hydrogens (tertiary/aromatic N) is 3. The summed E-state index contributed by atoms with van der Waals surface area (Å²) in [5, 5.41) is 14.7. The molecule has 8 aromatic rings. The fourth-order valence-electron chi connectivity index (χ4n) is 6.62. The van der Waals surface area contributed by atoms with Gasteiger partial charge in [0.15, 0.2) is 0 Å². The van der Waals surface area contributed by atoms with Gasteiger partial charge in [-0.3, -0.25) is 0 Å². The highest BCUT2D eigenvalue weighted by molar-refractivity contribution is 6.10. The van der Waals surface area contributed by atoms with E-state index in [0.29, 0.717) is 12.2 Å². The van der Waals surface area contributed by atoms with Crippen LogP contribution in [-0.2, 0) is 0 Å². The van der Waals surface area contributed by atoms with Crippen molar-refractivity contribution in [2.24, 2.45) is 0 Å². The second-order valence-corrected chi connectivity index (χ2v) is 11.1. The maximum Gasteiger partial charge on any atom is 0.120 e. The van der Waals surface area contributed by atoms with Crippen molar-refractivity contribution in [1.29, 1.82) is 5.26 Å². The first kappa shape index (κ1) is 26.6. The topological polar surface area (TPSA) is 52.1 Å².